The molecule has 142 valence electrons. The van der Waals surface area contributed by atoms with Crippen molar-refractivity contribution in [2.24, 2.45) is 17.2 Å². The first-order chi connectivity index (χ1) is 10.9. The zero-order valence-corrected chi connectivity index (χ0v) is 16.0. The van der Waals surface area contributed by atoms with Crippen LogP contribution in [-0.2, 0) is 17.3 Å². The average molecular weight is 356 g/mol. The number of rotatable bonds is 15. The first kappa shape index (κ1) is 23.1. The van der Waals surface area contributed by atoms with Crippen LogP contribution in [0.4, 0.5) is 0 Å². The fourth-order valence-electron chi connectivity index (χ4n) is 1.46. The van der Waals surface area contributed by atoms with Crippen molar-refractivity contribution >= 4 is 10.9 Å². The molecule has 0 aromatic carbocycles. The molecule has 7 nitrogen and oxygen atoms in total. The highest BCUT2D eigenvalue weighted by molar-refractivity contribution is 8.21. The lowest BCUT2D eigenvalue weighted by atomic mass is 10.3. The predicted molar refractivity (Wildman–Crippen MR) is 97.0 cm³/mol. The van der Waals surface area contributed by atoms with Gasteiger partial charge in [0.1, 0.15) is 0 Å². The molecule has 0 spiro atoms. The lowest BCUT2D eigenvalue weighted by molar-refractivity contribution is 0.121. The Kier molecular flexibility index (Phi) is 13.4. The van der Waals surface area contributed by atoms with Gasteiger partial charge in [-0.1, -0.05) is 20.8 Å². The topological polar surface area (TPSA) is 115 Å². The lowest BCUT2D eigenvalue weighted by Gasteiger charge is -2.37. The SMILES string of the molecule is CCC(N)COCCS(OC)(OCC(N)CC)OCC(N)CC. The first-order valence-corrected chi connectivity index (χ1v) is 10.00. The summed E-state index contributed by atoms with van der Waals surface area (Å²) < 4.78 is 23.0. The molecule has 6 N–H and O–H groups in total. The van der Waals surface area contributed by atoms with E-state index in [1.165, 1.54) is 0 Å². The van der Waals surface area contributed by atoms with Crippen LogP contribution in [0.1, 0.15) is 40.0 Å². The van der Waals surface area contributed by atoms with Crippen LogP contribution in [0.2, 0.25) is 0 Å². The fraction of sp³-hybridized carbons (Fsp3) is 1.00. The molecule has 0 radical (unpaired) electrons. The van der Waals surface area contributed by atoms with Crippen LogP contribution < -0.4 is 17.2 Å². The van der Waals surface area contributed by atoms with Crippen molar-refractivity contribution in [1.82, 2.24) is 0 Å². The van der Waals surface area contributed by atoms with Crippen LogP contribution in [-0.4, -0.2) is 57.4 Å². The zero-order valence-electron chi connectivity index (χ0n) is 15.2. The average Bonchev–Trinajstić information content (AvgIpc) is 2.59. The summed E-state index contributed by atoms with van der Waals surface area (Å²) in [6.45, 7) is 7.80. The summed E-state index contributed by atoms with van der Waals surface area (Å²) in [5.74, 6) is 0.507. The summed E-state index contributed by atoms with van der Waals surface area (Å²) >= 11 is 0. The molecular weight excluding hydrogens is 318 g/mol. The molecule has 8 heteroatoms. The van der Waals surface area contributed by atoms with Gasteiger partial charge in [0.25, 0.3) is 0 Å². The Bertz CT molecular complexity index is 273. The molecule has 0 heterocycles. The van der Waals surface area contributed by atoms with Crippen LogP contribution in [0.15, 0.2) is 0 Å². The van der Waals surface area contributed by atoms with Crippen LogP contribution in [0.5, 0.6) is 0 Å². The molecule has 0 aliphatic rings. The molecule has 0 aromatic heterocycles. The molecule has 0 rings (SSSR count). The van der Waals surface area contributed by atoms with E-state index in [1.54, 1.807) is 7.11 Å². The molecule has 0 aliphatic carbocycles. The van der Waals surface area contributed by atoms with Gasteiger partial charge >= 0.3 is 0 Å². The number of hydrogen-bond acceptors (Lipinski definition) is 7. The van der Waals surface area contributed by atoms with Crippen molar-refractivity contribution in [2.45, 2.75) is 58.2 Å². The lowest BCUT2D eigenvalue weighted by Crippen LogP contribution is -2.32. The van der Waals surface area contributed by atoms with E-state index >= 15 is 0 Å². The highest BCUT2D eigenvalue weighted by Gasteiger charge is 2.28. The van der Waals surface area contributed by atoms with Crippen molar-refractivity contribution in [3.05, 3.63) is 0 Å². The summed E-state index contributed by atoms with van der Waals surface area (Å²) in [6.07, 6.45) is 2.54. The quantitative estimate of drug-likeness (QED) is 0.381. The van der Waals surface area contributed by atoms with Crippen LogP contribution in [0, 0.1) is 0 Å². The maximum atomic E-state index is 5.93. The van der Waals surface area contributed by atoms with E-state index < -0.39 is 10.9 Å². The number of nitrogens with two attached hydrogens (primary N) is 3. The second kappa shape index (κ2) is 13.4. The summed E-state index contributed by atoms with van der Waals surface area (Å²) in [4.78, 5) is 0. The van der Waals surface area contributed by atoms with Gasteiger partial charge in [-0.3, -0.25) is 12.5 Å². The molecular formula is C15H37N3O4S. The molecule has 3 unspecified atom stereocenters. The molecule has 0 saturated carbocycles. The van der Waals surface area contributed by atoms with Crippen molar-refractivity contribution in [3.8, 4) is 0 Å². The number of hydrogen-bond donors (Lipinski definition) is 3. The summed E-state index contributed by atoms with van der Waals surface area (Å²) in [5, 5.41) is 0. The summed E-state index contributed by atoms with van der Waals surface area (Å²) in [7, 11) is -0.590. The Labute approximate surface area is 143 Å². The maximum Gasteiger partial charge on any atom is 0.0909 e. The van der Waals surface area contributed by atoms with Crippen molar-refractivity contribution in [3.63, 3.8) is 0 Å². The van der Waals surface area contributed by atoms with Crippen molar-refractivity contribution in [2.75, 3.05) is 39.3 Å². The van der Waals surface area contributed by atoms with E-state index in [0.717, 1.165) is 19.3 Å². The Morgan fingerprint density at radius 1 is 0.783 bits per heavy atom. The monoisotopic (exact) mass is 355 g/mol. The third kappa shape index (κ3) is 10.5. The van der Waals surface area contributed by atoms with Gasteiger partial charge in [-0.2, -0.15) is 0 Å². The minimum absolute atomic E-state index is 0.0464. The highest BCUT2D eigenvalue weighted by Crippen LogP contribution is 2.50. The molecule has 23 heavy (non-hydrogen) atoms. The van der Waals surface area contributed by atoms with E-state index in [-0.39, 0.29) is 18.1 Å². The minimum atomic E-state index is -2.18. The second-order valence-electron chi connectivity index (χ2n) is 5.58. The zero-order chi connectivity index (χ0) is 17.7. The maximum absolute atomic E-state index is 5.93. The molecule has 3 atom stereocenters. The molecule has 0 aromatic rings. The van der Waals surface area contributed by atoms with Gasteiger partial charge in [0.05, 0.1) is 50.2 Å². The largest absolute Gasteiger partial charge is 0.379 e. The summed E-state index contributed by atoms with van der Waals surface area (Å²) in [6, 6.07) is -0.0457. The second-order valence-corrected chi connectivity index (χ2v) is 7.91. The van der Waals surface area contributed by atoms with Gasteiger partial charge < -0.3 is 21.9 Å². The Hall–Kier alpha value is 0.0700. The molecule has 0 fully saturated rings. The van der Waals surface area contributed by atoms with Gasteiger partial charge in [0.15, 0.2) is 0 Å². The van der Waals surface area contributed by atoms with E-state index in [4.69, 9.17) is 34.5 Å². The van der Waals surface area contributed by atoms with E-state index in [2.05, 4.69) is 0 Å². The van der Waals surface area contributed by atoms with Gasteiger partial charge in [-0.15, -0.1) is 0 Å². The third-order valence-electron chi connectivity index (χ3n) is 3.56. The molecule has 0 aliphatic heterocycles. The Morgan fingerprint density at radius 3 is 1.61 bits per heavy atom. The van der Waals surface area contributed by atoms with Gasteiger partial charge in [0.2, 0.25) is 0 Å². The van der Waals surface area contributed by atoms with Gasteiger partial charge in [-0.05, 0) is 19.3 Å². The molecule has 0 saturated heterocycles. The highest BCUT2D eigenvalue weighted by atomic mass is 32.3. The summed E-state index contributed by atoms with van der Waals surface area (Å²) in [5.41, 5.74) is 17.7. The predicted octanol–water partition coefficient (Wildman–Crippen LogP) is 1.44. The van der Waals surface area contributed by atoms with Crippen LogP contribution in [0.25, 0.3) is 0 Å². The van der Waals surface area contributed by atoms with Crippen molar-refractivity contribution < 1.29 is 17.3 Å². The van der Waals surface area contributed by atoms with Crippen LogP contribution in [0.3, 0.4) is 0 Å². The smallest absolute Gasteiger partial charge is 0.0909 e. The van der Waals surface area contributed by atoms with Crippen LogP contribution >= 0.6 is 10.9 Å². The Balaban J connectivity index is 4.53. The van der Waals surface area contributed by atoms with Gasteiger partial charge in [0, 0.05) is 18.1 Å². The fourth-order valence-corrected chi connectivity index (χ4v) is 3.21. The Morgan fingerprint density at radius 2 is 1.22 bits per heavy atom. The van der Waals surface area contributed by atoms with E-state index in [0.29, 0.717) is 32.2 Å². The third-order valence-corrected chi connectivity index (χ3v) is 5.72. The van der Waals surface area contributed by atoms with Gasteiger partial charge in [-0.25, -0.2) is 0 Å². The first-order valence-electron chi connectivity index (χ1n) is 8.42. The van der Waals surface area contributed by atoms with E-state index in [1.807, 2.05) is 20.8 Å². The number of ether oxygens (including phenoxy) is 1. The van der Waals surface area contributed by atoms with Crippen molar-refractivity contribution in [1.29, 1.82) is 0 Å². The minimum Gasteiger partial charge on any atom is -0.379 e. The standard InChI is InChI=1S/C15H37N3O4S/c1-5-13(16)10-20-8-9-23(19-4,21-11-14(17)6-2)22-12-15(18)7-3/h13-15H,5-12,16-18H2,1-4H3. The molecule has 0 bridgehead atoms. The van der Waals surface area contributed by atoms with E-state index in [9.17, 15) is 0 Å². The molecule has 0 amide bonds. The normalized spacial score (nSPS) is 19.8.